The number of aromatic nitrogens is 2. The van der Waals surface area contributed by atoms with E-state index in [0.717, 1.165) is 22.6 Å². The fraction of sp³-hybridized carbons (Fsp3) is 0.370. The Labute approximate surface area is 222 Å². The normalized spacial score (nSPS) is 30.9. The number of rotatable bonds is 7. The van der Waals surface area contributed by atoms with Gasteiger partial charge in [-0.1, -0.05) is 24.3 Å². The van der Waals surface area contributed by atoms with Crippen LogP contribution in [0.15, 0.2) is 61.0 Å². The molecular weight excluding hydrogens is 512 g/mol. The predicted molar refractivity (Wildman–Crippen MR) is 135 cm³/mol. The minimum Gasteiger partial charge on any atom is -0.471 e. The zero-order valence-corrected chi connectivity index (χ0v) is 20.8. The molecule has 0 radical (unpaired) electrons. The Balaban J connectivity index is 1.53. The SMILES string of the molecule is C=CC1C(OC2OC(CO)C(O)C(O)C2O)OC=C(C(=O)OC)C1C(=O)c1nccc2c1[nH]c1ccccc12. The highest BCUT2D eigenvalue weighted by Gasteiger charge is 2.49. The van der Waals surface area contributed by atoms with Gasteiger partial charge < -0.3 is 44.4 Å². The maximum Gasteiger partial charge on any atom is 0.337 e. The van der Waals surface area contributed by atoms with Crippen LogP contribution in [0.1, 0.15) is 10.5 Å². The topological polar surface area (TPSA) is 181 Å². The Bertz CT molecular complexity index is 1430. The van der Waals surface area contributed by atoms with Crippen LogP contribution in [-0.2, 0) is 23.7 Å². The molecule has 0 bridgehead atoms. The van der Waals surface area contributed by atoms with E-state index < -0.39 is 67.2 Å². The second kappa shape index (κ2) is 10.8. The number of benzene rings is 1. The molecule has 2 aliphatic rings. The lowest BCUT2D eigenvalue weighted by atomic mass is 9.79. The molecule has 8 atom stereocenters. The summed E-state index contributed by atoms with van der Waals surface area (Å²) in [5, 5.41) is 41.8. The van der Waals surface area contributed by atoms with Crippen molar-refractivity contribution in [3.05, 3.63) is 66.7 Å². The molecule has 5 rings (SSSR count). The number of ether oxygens (including phenoxy) is 4. The zero-order valence-electron chi connectivity index (χ0n) is 20.8. The average molecular weight is 541 g/mol. The molecule has 1 saturated heterocycles. The van der Waals surface area contributed by atoms with Crippen LogP contribution in [0, 0.1) is 11.8 Å². The molecular formula is C27H28N2O10. The van der Waals surface area contributed by atoms with Crippen LogP contribution >= 0.6 is 0 Å². The minimum atomic E-state index is -1.71. The smallest absolute Gasteiger partial charge is 0.337 e. The highest BCUT2D eigenvalue weighted by Crippen LogP contribution is 2.38. The molecule has 0 saturated carbocycles. The lowest BCUT2D eigenvalue weighted by molar-refractivity contribution is -0.338. The summed E-state index contributed by atoms with van der Waals surface area (Å²) in [6.07, 6.45) is -5.18. The summed E-state index contributed by atoms with van der Waals surface area (Å²) in [6.45, 7) is 3.14. The van der Waals surface area contributed by atoms with Gasteiger partial charge in [-0.3, -0.25) is 9.78 Å². The molecule has 8 unspecified atom stereocenters. The van der Waals surface area contributed by atoms with Crippen molar-refractivity contribution in [2.45, 2.75) is 37.0 Å². The first-order chi connectivity index (χ1) is 18.8. The first-order valence-electron chi connectivity index (χ1n) is 12.2. The number of esters is 1. The molecule has 3 aromatic rings. The van der Waals surface area contributed by atoms with Gasteiger partial charge in [0.1, 0.15) is 30.1 Å². The molecule has 1 fully saturated rings. The molecule has 0 amide bonds. The van der Waals surface area contributed by atoms with Gasteiger partial charge in [0.05, 0.1) is 42.9 Å². The minimum absolute atomic E-state index is 0.0730. The molecule has 2 aromatic heterocycles. The number of carbonyl (C=O) groups excluding carboxylic acids is 2. The monoisotopic (exact) mass is 540 g/mol. The summed E-state index contributed by atoms with van der Waals surface area (Å²) < 4.78 is 21.7. The van der Waals surface area contributed by atoms with Gasteiger partial charge in [0.2, 0.25) is 6.29 Å². The maximum atomic E-state index is 14.1. The number of Topliss-reactive ketones (excluding diaryl/α,β-unsaturated/α-hetero) is 1. The molecule has 206 valence electrons. The number of hydrogen-bond acceptors (Lipinski definition) is 11. The number of methoxy groups -OCH3 is 1. The quantitative estimate of drug-likeness (QED) is 0.160. The van der Waals surface area contributed by atoms with E-state index in [1.807, 2.05) is 24.3 Å². The highest BCUT2D eigenvalue weighted by atomic mass is 16.8. The third-order valence-electron chi connectivity index (χ3n) is 7.12. The van der Waals surface area contributed by atoms with Crippen molar-refractivity contribution in [1.82, 2.24) is 9.97 Å². The molecule has 4 heterocycles. The lowest BCUT2D eigenvalue weighted by Gasteiger charge is -2.42. The Hall–Kier alpha value is -3.65. The Morgan fingerprint density at radius 3 is 2.59 bits per heavy atom. The van der Waals surface area contributed by atoms with E-state index in [9.17, 15) is 30.0 Å². The molecule has 0 aliphatic carbocycles. The molecule has 12 nitrogen and oxygen atoms in total. The highest BCUT2D eigenvalue weighted by molar-refractivity contribution is 6.16. The number of aliphatic hydroxyl groups excluding tert-OH is 4. The van der Waals surface area contributed by atoms with Gasteiger partial charge in [-0.2, -0.15) is 0 Å². The summed E-state index contributed by atoms with van der Waals surface area (Å²) in [5.74, 6) is -3.58. The number of nitrogens with one attached hydrogen (secondary N) is 1. The number of nitrogens with zero attached hydrogens (tertiary/aromatic N) is 1. The largest absolute Gasteiger partial charge is 0.471 e. The average Bonchev–Trinajstić information content (AvgIpc) is 3.35. The van der Waals surface area contributed by atoms with Gasteiger partial charge in [0.15, 0.2) is 12.1 Å². The van der Waals surface area contributed by atoms with Gasteiger partial charge in [0, 0.05) is 22.5 Å². The van der Waals surface area contributed by atoms with Crippen LogP contribution in [0.5, 0.6) is 0 Å². The van der Waals surface area contributed by atoms with Crippen LogP contribution in [0.4, 0.5) is 0 Å². The van der Waals surface area contributed by atoms with Crippen LogP contribution in [0.2, 0.25) is 0 Å². The number of hydrogen-bond donors (Lipinski definition) is 5. The van der Waals surface area contributed by atoms with Crippen LogP contribution in [0.3, 0.4) is 0 Å². The number of carbonyl (C=O) groups is 2. The number of H-pyrrole nitrogens is 1. The van der Waals surface area contributed by atoms with Gasteiger partial charge >= 0.3 is 5.97 Å². The van der Waals surface area contributed by atoms with E-state index in [-0.39, 0.29) is 11.3 Å². The maximum absolute atomic E-state index is 14.1. The summed E-state index contributed by atoms with van der Waals surface area (Å²) in [5.41, 5.74) is 1.25. The molecule has 5 N–H and O–H groups in total. The van der Waals surface area contributed by atoms with Crippen LogP contribution in [0.25, 0.3) is 21.8 Å². The van der Waals surface area contributed by atoms with Gasteiger partial charge in [0.25, 0.3) is 0 Å². The van der Waals surface area contributed by atoms with Gasteiger partial charge in [-0.25, -0.2) is 4.79 Å². The third-order valence-corrected chi connectivity index (χ3v) is 7.12. The van der Waals surface area contributed by atoms with Crippen molar-refractivity contribution in [2.75, 3.05) is 13.7 Å². The first-order valence-corrected chi connectivity index (χ1v) is 12.2. The number of aliphatic hydroxyl groups is 4. The number of pyridine rings is 1. The van der Waals surface area contributed by atoms with Crippen LogP contribution in [-0.4, -0.2) is 92.9 Å². The fourth-order valence-corrected chi connectivity index (χ4v) is 5.07. The Morgan fingerprint density at radius 2 is 1.87 bits per heavy atom. The van der Waals surface area contributed by atoms with Crippen molar-refractivity contribution in [3.8, 4) is 0 Å². The Kier molecular flexibility index (Phi) is 7.49. The lowest BCUT2D eigenvalue weighted by Crippen LogP contribution is -2.60. The van der Waals surface area contributed by atoms with E-state index in [0.29, 0.717) is 5.52 Å². The zero-order chi connectivity index (χ0) is 27.8. The summed E-state index contributed by atoms with van der Waals surface area (Å²) in [6, 6.07) is 9.30. The van der Waals surface area contributed by atoms with Crippen molar-refractivity contribution < 1.29 is 49.0 Å². The van der Waals surface area contributed by atoms with Crippen molar-refractivity contribution >= 4 is 33.6 Å². The van der Waals surface area contributed by atoms with Gasteiger partial charge in [-0.15, -0.1) is 6.58 Å². The van der Waals surface area contributed by atoms with E-state index in [4.69, 9.17) is 18.9 Å². The number of para-hydroxylation sites is 1. The van der Waals surface area contributed by atoms with E-state index in [1.165, 1.54) is 19.4 Å². The molecule has 2 aliphatic heterocycles. The standard InChI is InChI=1S/C27H28N2O10/c1-3-12-18(22(32)20-19-14(8-9-28-20)13-6-4-5-7-16(13)29-19)15(25(35)36-2)11-37-26(12)39-27-24(34)23(33)21(31)17(10-30)38-27/h3-9,11-12,17-18,21,23-24,26-27,29-31,33-34H,1,10H2,2H3. The first kappa shape index (κ1) is 26.9. The van der Waals surface area contributed by atoms with E-state index in [1.54, 1.807) is 6.07 Å². The summed E-state index contributed by atoms with van der Waals surface area (Å²) in [7, 11) is 1.17. The number of ketones is 1. The van der Waals surface area contributed by atoms with Crippen LogP contribution < -0.4 is 0 Å². The third kappa shape index (κ3) is 4.61. The van der Waals surface area contributed by atoms with E-state index >= 15 is 0 Å². The van der Waals surface area contributed by atoms with Crippen molar-refractivity contribution in [1.29, 1.82) is 0 Å². The number of aromatic amines is 1. The summed E-state index contributed by atoms with van der Waals surface area (Å²) >= 11 is 0. The predicted octanol–water partition coefficient (Wildman–Crippen LogP) is 0.547. The van der Waals surface area contributed by atoms with Crippen molar-refractivity contribution in [3.63, 3.8) is 0 Å². The molecule has 39 heavy (non-hydrogen) atoms. The molecule has 0 spiro atoms. The number of fused-ring (bicyclic) bond motifs is 3. The van der Waals surface area contributed by atoms with Gasteiger partial charge in [-0.05, 0) is 12.1 Å². The van der Waals surface area contributed by atoms with E-state index in [2.05, 4.69) is 16.5 Å². The second-order valence-corrected chi connectivity index (χ2v) is 9.31. The summed E-state index contributed by atoms with van der Waals surface area (Å²) in [4.78, 5) is 34.4. The fourth-order valence-electron chi connectivity index (χ4n) is 5.07. The molecule has 1 aromatic carbocycles. The molecule has 12 heteroatoms. The van der Waals surface area contributed by atoms with Crippen molar-refractivity contribution in [2.24, 2.45) is 11.8 Å². The second-order valence-electron chi connectivity index (χ2n) is 9.31. The Morgan fingerprint density at radius 1 is 1.10 bits per heavy atom.